The Kier molecular flexibility index (Phi) is 4.90. The number of carbonyl (C=O) groups is 2. The summed E-state index contributed by atoms with van der Waals surface area (Å²) in [6.45, 7) is 0. The maximum Gasteiger partial charge on any atom is 0.416 e. The molecule has 24 heavy (non-hydrogen) atoms. The first-order chi connectivity index (χ1) is 11.3. The highest BCUT2D eigenvalue weighted by Gasteiger charge is 2.29. The van der Waals surface area contributed by atoms with Crippen LogP contribution < -0.4 is 5.32 Å². The molecule has 0 saturated heterocycles. The molecular formula is C17H10F3NO3. The Labute approximate surface area is 134 Å². The van der Waals surface area contributed by atoms with Gasteiger partial charge in [-0.3, -0.25) is 4.79 Å². The number of aliphatic carboxylic acids is 1. The van der Waals surface area contributed by atoms with Gasteiger partial charge in [-0.2, -0.15) is 13.2 Å². The third kappa shape index (κ3) is 4.61. The number of amides is 1. The van der Waals surface area contributed by atoms with Crippen molar-refractivity contribution in [3.63, 3.8) is 0 Å². The Morgan fingerprint density at radius 3 is 1.75 bits per heavy atom. The summed E-state index contributed by atoms with van der Waals surface area (Å²) in [4.78, 5) is 21.4. The smallest absolute Gasteiger partial charge is 0.416 e. The van der Waals surface area contributed by atoms with E-state index in [0.29, 0.717) is 16.8 Å². The monoisotopic (exact) mass is 333 g/mol. The number of carboxylic acid groups (broad SMARTS) is 1. The molecule has 0 fully saturated rings. The van der Waals surface area contributed by atoms with Gasteiger partial charge in [0.25, 0.3) is 0 Å². The summed E-state index contributed by atoms with van der Waals surface area (Å²) < 4.78 is 37.3. The summed E-state index contributed by atoms with van der Waals surface area (Å²) in [6, 6.07) is 10.5. The normalized spacial score (nSPS) is 10.5. The molecule has 7 heteroatoms. The number of hydrogen-bond acceptors (Lipinski definition) is 2. The second-order valence-electron chi connectivity index (χ2n) is 4.66. The molecule has 0 atom stereocenters. The first-order valence-corrected chi connectivity index (χ1v) is 6.59. The number of benzene rings is 2. The molecule has 2 rings (SSSR count). The van der Waals surface area contributed by atoms with E-state index in [-0.39, 0.29) is 0 Å². The van der Waals surface area contributed by atoms with Gasteiger partial charge in [0.1, 0.15) is 0 Å². The molecule has 4 nitrogen and oxygen atoms in total. The first kappa shape index (κ1) is 17.1. The lowest BCUT2D eigenvalue weighted by molar-refractivity contribution is -0.147. The Morgan fingerprint density at radius 2 is 1.33 bits per heavy atom. The molecular weight excluding hydrogens is 323 g/mol. The average Bonchev–Trinajstić information content (AvgIpc) is 2.53. The Balaban J connectivity index is 2.08. The van der Waals surface area contributed by atoms with Crippen molar-refractivity contribution >= 4 is 17.6 Å². The number of nitrogens with one attached hydrogen (secondary N) is 1. The summed E-state index contributed by atoms with van der Waals surface area (Å²) in [6.07, 6.45) is -4.39. The van der Waals surface area contributed by atoms with E-state index >= 15 is 0 Å². The van der Waals surface area contributed by atoms with E-state index in [1.165, 1.54) is 24.3 Å². The molecule has 0 aliphatic rings. The minimum absolute atomic E-state index is 0.294. The van der Waals surface area contributed by atoms with Crippen molar-refractivity contribution in [2.75, 3.05) is 5.32 Å². The van der Waals surface area contributed by atoms with Crippen molar-refractivity contribution < 1.29 is 27.9 Å². The van der Waals surface area contributed by atoms with E-state index in [0.717, 1.165) is 12.1 Å². The second kappa shape index (κ2) is 6.87. The van der Waals surface area contributed by atoms with Crippen molar-refractivity contribution in [3.05, 3.63) is 65.2 Å². The van der Waals surface area contributed by atoms with Crippen LogP contribution in [-0.2, 0) is 15.8 Å². The number of carbonyl (C=O) groups excluding carboxylic acids is 1. The lowest BCUT2D eigenvalue weighted by atomic mass is 10.1. The molecule has 2 N–H and O–H groups in total. The molecule has 0 aromatic heterocycles. The van der Waals surface area contributed by atoms with Crippen LogP contribution >= 0.6 is 0 Å². The highest BCUT2D eigenvalue weighted by Crippen LogP contribution is 2.28. The van der Waals surface area contributed by atoms with Crippen molar-refractivity contribution in [1.29, 1.82) is 0 Å². The molecule has 0 aliphatic heterocycles. The fourth-order valence-corrected chi connectivity index (χ4v) is 1.71. The Bertz CT molecular complexity index is 813. The van der Waals surface area contributed by atoms with Gasteiger partial charge in [-0.15, -0.1) is 0 Å². The van der Waals surface area contributed by atoms with E-state index < -0.39 is 23.6 Å². The number of anilines is 1. The van der Waals surface area contributed by atoms with Gasteiger partial charge in [0.2, 0.25) is 0 Å². The molecule has 0 heterocycles. The van der Waals surface area contributed by atoms with Crippen molar-refractivity contribution in [3.8, 4) is 11.8 Å². The van der Waals surface area contributed by atoms with E-state index in [4.69, 9.17) is 5.11 Å². The summed E-state index contributed by atoms with van der Waals surface area (Å²) in [5.74, 6) is 2.73. The molecule has 1 amide bonds. The SMILES string of the molecule is O=C(O)C(=O)Nc1ccc(C#Cc2ccc(C(F)(F)F)cc2)cc1. The standard InChI is InChI=1S/C17H10F3NO3/c18-17(19,20)13-7-3-11(4-8-13)1-2-12-5-9-14(10-6-12)21-15(22)16(23)24/h3-10H,(H,21,22)(H,23,24). The van der Waals surface area contributed by atoms with E-state index in [2.05, 4.69) is 17.2 Å². The predicted octanol–water partition coefficient (Wildman–Crippen LogP) is 3.13. The van der Waals surface area contributed by atoms with Gasteiger partial charge in [-0.1, -0.05) is 11.8 Å². The number of rotatable bonds is 1. The van der Waals surface area contributed by atoms with Gasteiger partial charge in [-0.05, 0) is 48.5 Å². The number of halogens is 3. The van der Waals surface area contributed by atoms with E-state index in [9.17, 15) is 22.8 Å². The fraction of sp³-hybridized carbons (Fsp3) is 0.0588. The number of hydrogen-bond donors (Lipinski definition) is 2. The predicted molar refractivity (Wildman–Crippen MR) is 80.1 cm³/mol. The molecule has 0 unspecified atom stereocenters. The van der Waals surface area contributed by atoms with Crippen molar-refractivity contribution in [2.24, 2.45) is 0 Å². The minimum atomic E-state index is -4.39. The lowest BCUT2D eigenvalue weighted by Crippen LogP contribution is -2.21. The van der Waals surface area contributed by atoms with Gasteiger partial charge < -0.3 is 10.4 Å². The van der Waals surface area contributed by atoms with Crippen LogP contribution in [0.5, 0.6) is 0 Å². The summed E-state index contributed by atoms with van der Waals surface area (Å²) in [5.41, 5.74) is 0.531. The largest absolute Gasteiger partial charge is 0.474 e. The lowest BCUT2D eigenvalue weighted by Gasteiger charge is -2.05. The molecule has 0 aliphatic carbocycles. The Morgan fingerprint density at radius 1 is 0.875 bits per heavy atom. The maximum atomic E-state index is 12.4. The van der Waals surface area contributed by atoms with Crippen molar-refractivity contribution in [1.82, 2.24) is 0 Å². The topological polar surface area (TPSA) is 66.4 Å². The first-order valence-electron chi connectivity index (χ1n) is 6.59. The highest BCUT2D eigenvalue weighted by molar-refractivity contribution is 6.36. The molecule has 0 saturated carbocycles. The van der Waals surface area contributed by atoms with Crippen LogP contribution in [0.4, 0.5) is 18.9 Å². The van der Waals surface area contributed by atoms with E-state index in [1.54, 1.807) is 12.1 Å². The zero-order chi connectivity index (χ0) is 17.7. The summed E-state index contributed by atoms with van der Waals surface area (Å²) in [7, 11) is 0. The second-order valence-corrected chi connectivity index (χ2v) is 4.66. The van der Waals surface area contributed by atoms with Gasteiger partial charge in [0.05, 0.1) is 5.56 Å². The van der Waals surface area contributed by atoms with Crippen LogP contribution in [0.25, 0.3) is 0 Å². The molecule has 2 aromatic carbocycles. The third-order valence-electron chi connectivity index (χ3n) is 2.90. The zero-order valence-electron chi connectivity index (χ0n) is 12.0. The van der Waals surface area contributed by atoms with Crippen molar-refractivity contribution in [2.45, 2.75) is 6.18 Å². The van der Waals surface area contributed by atoms with E-state index in [1.807, 2.05) is 0 Å². The molecule has 122 valence electrons. The number of carboxylic acids is 1. The minimum Gasteiger partial charge on any atom is -0.474 e. The highest BCUT2D eigenvalue weighted by atomic mass is 19.4. The van der Waals surface area contributed by atoms with Crippen LogP contribution in [0.15, 0.2) is 48.5 Å². The van der Waals surface area contributed by atoms with Crippen LogP contribution in [0, 0.1) is 11.8 Å². The van der Waals surface area contributed by atoms with Crippen LogP contribution in [0.2, 0.25) is 0 Å². The van der Waals surface area contributed by atoms with Gasteiger partial charge in [0, 0.05) is 16.8 Å². The van der Waals surface area contributed by atoms with Crippen LogP contribution in [0.3, 0.4) is 0 Å². The average molecular weight is 333 g/mol. The molecule has 0 spiro atoms. The maximum absolute atomic E-state index is 12.4. The summed E-state index contributed by atoms with van der Waals surface area (Å²) >= 11 is 0. The number of alkyl halides is 3. The van der Waals surface area contributed by atoms with Crippen LogP contribution in [0.1, 0.15) is 16.7 Å². The molecule has 0 bridgehead atoms. The van der Waals surface area contributed by atoms with Gasteiger partial charge in [0.15, 0.2) is 0 Å². The fourth-order valence-electron chi connectivity index (χ4n) is 1.71. The third-order valence-corrected chi connectivity index (χ3v) is 2.90. The Hall–Kier alpha value is -3.27. The van der Waals surface area contributed by atoms with Gasteiger partial charge >= 0.3 is 18.1 Å². The molecule has 0 radical (unpaired) electrons. The summed E-state index contributed by atoms with van der Waals surface area (Å²) in [5, 5.41) is 10.6. The van der Waals surface area contributed by atoms with Gasteiger partial charge in [-0.25, -0.2) is 4.79 Å². The molecule has 2 aromatic rings. The quantitative estimate of drug-likeness (QED) is 0.622. The van der Waals surface area contributed by atoms with Crippen LogP contribution in [-0.4, -0.2) is 17.0 Å². The zero-order valence-corrected chi connectivity index (χ0v) is 12.0.